The lowest BCUT2D eigenvalue weighted by atomic mass is 10.1. The van der Waals surface area contributed by atoms with Gasteiger partial charge in [0.25, 0.3) is 7.52 Å². The van der Waals surface area contributed by atoms with Gasteiger partial charge in [0.1, 0.15) is 12.4 Å². The van der Waals surface area contributed by atoms with Crippen molar-refractivity contribution in [3.63, 3.8) is 0 Å². The number of nitrogens with two attached hydrogens (primary N) is 1. The topological polar surface area (TPSA) is 147 Å². The molecule has 0 saturated carbocycles. The normalized spacial score (nSPS) is 15.0. The molecule has 0 radical (unpaired) electrons. The average Bonchev–Trinajstić information content (AvgIpc) is 3.19. The third-order valence-corrected chi connectivity index (χ3v) is 7.11. The van der Waals surface area contributed by atoms with E-state index in [9.17, 15) is 19.0 Å². The summed E-state index contributed by atoms with van der Waals surface area (Å²) in [6, 6.07) is 15.5. The standard InChI is InChI=1S/C23H29N4O5P/c1-15(2)21(22(24)28)27-33(30,31)20(12-17-13-25-19-11-7-6-10-18(17)19)26-23(29)32-14-16-8-4-3-5-9-16/h3-11,13,15,20-21,25H,12,14H2,1-2H3,(H2,24,28)(H,26,29)(H2,27,30,31). The molecule has 2 amide bonds. The summed E-state index contributed by atoms with van der Waals surface area (Å²) in [7, 11) is -4.31. The summed E-state index contributed by atoms with van der Waals surface area (Å²) in [5.74, 6) is -2.35. The molecule has 176 valence electrons. The van der Waals surface area contributed by atoms with Crippen molar-refractivity contribution in [1.29, 1.82) is 0 Å². The molecule has 0 aliphatic rings. The number of ether oxygens (including phenoxy) is 1. The van der Waals surface area contributed by atoms with E-state index in [1.807, 2.05) is 42.5 Å². The molecule has 2 aromatic carbocycles. The Morgan fingerprint density at radius 1 is 1.12 bits per heavy atom. The van der Waals surface area contributed by atoms with Gasteiger partial charge in [0.15, 0.2) is 0 Å². The minimum atomic E-state index is -4.31. The average molecular weight is 472 g/mol. The van der Waals surface area contributed by atoms with Crippen molar-refractivity contribution in [2.75, 3.05) is 0 Å². The molecule has 3 aromatic rings. The first-order chi connectivity index (χ1) is 15.7. The second-order valence-electron chi connectivity index (χ2n) is 8.16. The number of carbonyl (C=O) groups excluding carboxylic acids is 2. The van der Waals surface area contributed by atoms with Crippen LogP contribution in [0.15, 0.2) is 60.8 Å². The number of rotatable bonds is 10. The zero-order chi connectivity index (χ0) is 24.0. The summed E-state index contributed by atoms with van der Waals surface area (Å²) in [6.07, 6.45) is 0.900. The summed E-state index contributed by atoms with van der Waals surface area (Å²) >= 11 is 0. The number of hydrogen-bond donors (Lipinski definition) is 5. The SMILES string of the molecule is CC(C)C(NP(=O)(O)C(Cc1c[nH]c2ccccc12)NC(=O)OCc1ccccc1)C(N)=O. The van der Waals surface area contributed by atoms with Crippen molar-refractivity contribution in [3.05, 3.63) is 71.9 Å². The molecular formula is C23H29N4O5P. The van der Waals surface area contributed by atoms with Gasteiger partial charge >= 0.3 is 6.09 Å². The van der Waals surface area contributed by atoms with Crippen molar-refractivity contribution in [1.82, 2.24) is 15.4 Å². The molecule has 1 heterocycles. The number of benzene rings is 2. The van der Waals surface area contributed by atoms with Gasteiger partial charge in [-0.15, -0.1) is 0 Å². The molecule has 1 aromatic heterocycles. The summed E-state index contributed by atoms with van der Waals surface area (Å²) in [6.45, 7) is 3.42. The number of fused-ring (bicyclic) bond motifs is 1. The Bertz CT molecular complexity index is 1150. The molecule has 0 aliphatic carbocycles. The van der Waals surface area contributed by atoms with Crippen LogP contribution in [0.5, 0.6) is 0 Å². The second kappa shape index (κ2) is 10.7. The Morgan fingerprint density at radius 2 is 1.79 bits per heavy atom. The van der Waals surface area contributed by atoms with E-state index in [2.05, 4.69) is 15.4 Å². The van der Waals surface area contributed by atoms with Crippen LogP contribution < -0.4 is 16.1 Å². The lowest BCUT2D eigenvalue weighted by molar-refractivity contribution is -0.120. The molecule has 0 aliphatic heterocycles. The first-order valence-corrected chi connectivity index (χ1v) is 12.3. The van der Waals surface area contributed by atoms with E-state index in [0.29, 0.717) is 0 Å². The maximum Gasteiger partial charge on any atom is 0.408 e. The van der Waals surface area contributed by atoms with E-state index in [0.717, 1.165) is 22.0 Å². The first kappa shape index (κ1) is 24.5. The van der Waals surface area contributed by atoms with E-state index in [-0.39, 0.29) is 18.9 Å². The highest BCUT2D eigenvalue weighted by Crippen LogP contribution is 2.43. The highest BCUT2D eigenvalue weighted by Gasteiger charge is 2.38. The predicted molar refractivity (Wildman–Crippen MR) is 126 cm³/mol. The lowest BCUT2D eigenvalue weighted by Crippen LogP contribution is -2.47. The van der Waals surface area contributed by atoms with Gasteiger partial charge < -0.3 is 25.7 Å². The molecule has 0 spiro atoms. The van der Waals surface area contributed by atoms with Crippen LogP contribution in [0.25, 0.3) is 10.9 Å². The number of nitrogens with one attached hydrogen (secondary N) is 3. The molecule has 10 heteroatoms. The monoisotopic (exact) mass is 472 g/mol. The maximum atomic E-state index is 13.4. The van der Waals surface area contributed by atoms with Crippen molar-refractivity contribution in [2.45, 2.75) is 38.7 Å². The van der Waals surface area contributed by atoms with Crippen LogP contribution in [0, 0.1) is 5.92 Å². The summed E-state index contributed by atoms with van der Waals surface area (Å²) in [5, 5.41) is 5.86. The zero-order valence-electron chi connectivity index (χ0n) is 18.5. The number of aromatic amines is 1. The summed E-state index contributed by atoms with van der Waals surface area (Å²) < 4.78 is 18.6. The van der Waals surface area contributed by atoms with Crippen LogP contribution in [0.1, 0.15) is 25.0 Å². The highest BCUT2D eigenvalue weighted by atomic mass is 31.2. The van der Waals surface area contributed by atoms with E-state index < -0.39 is 31.3 Å². The van der Waals surface area contributed by atoms with Crippen LogP contribution in [0.2, 0.25) is 0 Å². The maximum absolute atomic E-state index is 13.4. The highest BCUT2D eigenvalue weighted by molar-refractivity contribution is 7.56. The molecule has 33 heavy (non-hydrogen) atoms. The smallest absolute Gasteiger partial charge is 0.408 e. The lowest BCUT2D eigenvalue weighted by Gasteiger charge is -2.28. The molecule has 0 fully saturated rings. The Morgan fingerprint density at radius 3 is 2.45 bits per heavy atom. The van der Waals surface area contributed by atoms with Gasteiger partial charge in [-0.25, -0.2) is 9.88 Å². The number of hydrogen-bond acceptors (Lipinski definition) is 4. The summed E-state index contributed by atoms with van der Waals surface area (Å²) in [5.41, 5.74) is 7.78. The first-order valence-electron chi connectivity index (χ1n) is 10.6. The zero-order valence-corrected chi connectivity index (χ0v) is 19.4. The van der Waals surface area contributed by atoms with Crippen LogP contribution in [-0.4, -0.2) is 33.7 Å². The number of para-hydroxylation sites is 1. The molecule has 9 nitrogen and oxygen atoms in total. The molecular weight excluding hydrogens is 443 g/mol. The van der Waals surface area contributed by atoms with E-state index in [4.69, 9.17) is 10.5 Å². The van der Waals surface area contributed by atoms with Gasteiger partial charge in [-0.2, -0.15) is 0 Å². The fourth-order valence-electron chi connectivity index (χ4n) is 3.50. The quantitative estimate of drug-likeness (QED) is 0.286. The van der Waals surface area contributed by atoms with Crippen molar-refractivity contribution < 1.29 is 23.8 Å². The van der Waals surface area contributed by atoms with E-state index in [1.54, 1.807) is 32.2 Å². The fraction of sp³-hybridized carbons (Fsp3) is 0.304. The molecule has 3 rings (SSSR count). The van der Waals surface area contributed by atoms with Crippen LogP contribution in [-0.2, 0) is 27.1 Å². The number of aromatic nitrogens is 1. The largest absolute Gasteiger partial charge is 0.445 e. The fourth-order valence-corrected chi connectivity index (χ4v) is 5.23. The minimum absolute atomic E-state index is 0.00550. The second-order valence-corrected chi connectivity index (χ2v) is 10.3. The van der Waals surface area contributed by atoms with E-state index in [1.165, 1.54) is 0 Å². The van der Waals surface area contributed by atoms with Crippen LogP contribution in [0.4, 0.5) is 4.79 Å². The molecule has 3 atom stereocenters. The number of primary amides is 1. The number of H-pyrrole nitrogens is 1. The Hall–Kier alpha value is -3.13. The number of carbonyl (C=O) groups is 2. The Labute approximate surface area is 192 Å². The van der Waals surface area contributed by atoms with Gasteiger partial charge in [0.05, 0.1) is 6.04 Å². The van der Waals surface area contributed by atoms with Gasteiger partial charge in [0, 0.05) is 23.5 Å². The molecule has 0 bridgehead atoms. The Kier molecular flexibility index (Phi) is 7.92. The molecule has 0 saturated heterocycles. The summed E-state index contributed by atoms with van der Waals surface area (Å²) in [4.78, 5) is 38.4. The van der Waals surface area contributed by atoms with E-state index >= 15 is 0 Å². The van der Waals surface area contributed by atoms with Crippen molar-refractivity contribution >= 4 is 30.4 Å². The third kappa shape index (κ3) is 6.44. The number of alkyl carbamates (subject to hydrolysis) is 1. The minimum Gasteiger partial charge on any atom is -0.445 e. The Balaban J connectivity index is 1.82. The number of amides is 2. The van der Waals surface area contributed by atoms with Crippen molar-refractivity contribution in [2.24, 2.45) is 11.7 Å². The van der Waals surface area contributed by atoms with Crippen LogP contribution >= 0.6 is 7.52 Å². The molecule has 6 N–H and O–H groups in total. The molecule has 3 unspecified atom stereocenters. The van der Waals surface area contributed by atoms with Gasteiger partial charge in [-0.3, -0.25) is 9.36 Å². The van der Waals surface area contributed by atoms with Crippen molar-refractivity contribution in [3.8, 4) is 0 Å². The van der Waals surface area contributed by atoms with Gasteiger partial charge in [-0.05, 0) is 23.1 Å². The predicted octanol–water partition coefficient (Wildman–Crippen LogP) is 3.25. The third-order valence-electron chi connectivity index (χ3n) is 5.31. The van der Waals surface area contributed by atoms with Gasteiger partial charge in [0.2, 0.25) is 5.91 Å². The van der Waals surface area contributed by atoms with Crippen LogP contribution in [0.3, 0.4) is 0 Å². The van der Waals surface area contributed by atoms with Gasteiger partial charge in [-0.1, -0.05) is 62.4 Å².